The van der Waals surface area contributed by atoms with Crippen molar-refractivity contribution in [3.05, 3.63) is 29.8 Å². The minimum atomic E-state index is -0.404. The van der Waals surface area contributed by atoms with Crippen molar-refractivity contribution in [2.75, 3.05) is 24.5 Å². The number of nitrogens with zero attached hydrogens (tertiary/aromatic N) is 2. The number of carbonyl (C=O) groups excluding carboxylic acids is 3. The Morgan fingerprint density at radius 1 is 1.07 bits per heavy atom. The third kappa shape index (κ3) is 4.46. The first-order valence-electron chi connectivity index (χ1n) is 10.3. The van der Waals surface area contributed by atoms with E-state index in [1.54, 1.807) is 12.1 Å². The molecular formula is C21H30N4O3. The van der Waals surface area contributed by atoms with E-state index in [0.717, 1.165) is 44.5 Å². The van der Waals surface area contributed by atoms with E-state index in [4.69, 9.17) is 0 Å². The van der Waals surface area contributed by atoms with Crippen LogP contribution in [0.4, 0.5) is 5.69 Å². The number of likely N-dealkylation sites (tertiary alicyclic amines) is 1. The van der Waals surface area contributed by atoms with Crippen LogP contribution in [0, 0.1) is 5.92 Å². The first kappa shape index (κ1) is 20.2. The van der Waals surface area contributed by atoms with Gasteiger partial charge in [-0.1, -0.05) is 12.8 Å². The highest BCUT2D eigenvalue weighted by Gasteiger charge is 2.38. The van der Waals surface area contributed by atoms with Crippen LogP contribution in [-0.4, -0.2) is 48.3 Å². The molecule has 1 aromatic carbocycles. The van der Waals surface area contributed by atoms with Gasteiger partial charge in [-0.2, -0.15) is 0 Å². The topological polar surface area (TPSA) is 81.8 Å². The van der Waals surface area contributed by atoms with Crippen LogP contribution in [0.2, 0.25) is 0 Å². The molecule has 0 radical (unpaired) electrons. The van der Waals surface area contributed by atoms with Crippen LogP contribution in [0.3, 0.4) is 0 Å². The smallest absolute Gasteiger partial charge is 0.269 e. The molecule has 1 aromatic rings. The van der Waals surface area contributed by atoms with Crippen molar-refractivity contribution in [3.63, 3.8) is 0 Å². The second kappa shape index (κ2) is 9.08. The summed E-state index contributed by atoms with van der Waals surface area (Å²) in [5, 5.41) is 0. The lowest BCUT2D eigenvalue weighted by molar-refractivity contribution is -0.130. The molecule has 1 unspecified atom stereocenters. The third-order valence-corrected chi connectivity index (χ3v) is 5.85. The van der Waals surface area contributed by atoms with Crippen molar-refractivity contribution in [2.24, 2.45) is 5.92 Å². The molecule has 1 saturated heterocycles. The van der Waals surface area contributed by atoms with E-state index >= 15 is 0 Å². The second-order valence-electron chi connectivity index (χ2n) is 7.55. The zero-order chi connectivity index (χ0) is 20.1. The molecule has 1 aliphatic carbocycles. The normalized spacial score (nSPS) is 19.7. The minimum Gasteiger partial charge on any atom is -0.372 e. The number of hydrogen-bond acceptors (Lipinski definition) is 4. The van der Waals surface area contributed by atoms with Crippen LogP contribution in [0.15, 0.2) is 24.3 Å². The van der Waals surface area contributed by atoms with Crippen molar-refractivity contribution >= 4 is 23.4 Å². The Bertz CT molecular complexity index is 709. The Kier molecular flexibility index (Phi) is 6.54. The van der Waals surface area contributed by atoms with E-state index in [-0.39, 0.29) is 30.2 Å². The van der Waals surface area contributed by atoms with E-state index in [1.807, 2.05) is 17.0 Å². The molecule has 1 heterocycles. The molecule has 28 heavy (non-hydrogen) atoms. The number of anilines is 1. The van der Waals surface area contributed by atoms with Crippen LogP contribution in [0.25, 0.3) is 0 Å². The number of hydrazine groups is 1. The molecule has 0 aromatic heterocycles. The van der Waals surface area contributed by atoms with Gasteiger partial charge in [0.1, 0.15) is 0 Å². The van der Waals surface area contributed by atoms with Gasteiger partial charge in [0.05, 0.1) is 5.92 Å². The number of nitrogens with one attached hydrogen (secondary N) is 2. The summed E-state index contributed by atoms with van der Waals surface area (Å²) in [7, 11) is 0. The third-order valence-electron chi connectivity index (χ3n) is 5.85. The van der Waals surface area contributed by atoms with Gasteiger partial charge < -0.3 is 9.80 Å². The van der Waals surface area contributed by atoms with Crippen molar-refractivity contribution in [1.82, 2.24) is 15.8 Å². The molecule has 1 saturated carbocycles. The van der Waals surface area contributed by atoms with Crippen LogP contribution in [0.5, 0.6) is 0 Å². The fourth-order valence-corrected chi connectivity index (χ4v) is 4.18. The van der Waals surface area contributed by atoms with Crippen molar-refractivity contribution in [3.8, 4) is 0 Å². The lowest BCUT2D eigenvalue weighted by Crippen LogP contribution is -2.45. The van der Waals surface area contributed by atoms with Gasteiger partial charge in [-0.05, 0) is 51.0 Å². The van der Waals surface area contributed by atoms with E-state index in [0.29, 0.717) is 12.1 Å². The zero-order valence-corrected chi connectivity index (χ0v) is 16.7. The maximum atomic E-state index is 12.4. The maximum absolute atomic E-state index is 12.4. The average Bonchev–Trinajstić information content (AvgIpc) is 3.37. The molecule has 1 aliphatic heterocycles. The summed E-state index contributed by atoms with van der Waals surface area (Å²) in [5.41, 5.74) is 6.49. The lowest BCUT2D eigenvalue weighted by Gasteiger charge is -2.23. The van der Waals surface area contributed by atoms with Crippen LogP contribution in [-0.2, 0) is 9.59 Å². The quantitative estimate of drug-likeness (QED) is 0.734. The summed E-state index contributed by atoms with van der Waals surface area (Å²) in [6, 6.07) is 7.58. The Hall–Kier alpha value is -2.57. The Labute approximate surface area is 166 Å². The Balaban J connectivity index is 1.50. The number of rotatable bonds is 6. The van der Waals surface area contributed by atoms with Gasteiger partial charge in [-0.25, -0.2) is 0 Å². The van der Waals surface area contributed by atoms with Crippen molar-refractivity contribution < 1.29 is 14.4 Å². The van der Waals surface area contributed by atoms with Gasteiger partial charge in [0.2, 0.25) is 11.8 Å². The molecule has 2 N–H and O–H groups in total. The molecule has 7 heteroatoms. The second-order valence-corrected chi connectivity index (χ2v) is 7.55. The molecule has 3 rings (SSSR count). The van der Waals surface area contributed by atoms with Gasteiger partial charge in [0.15, 0.2) is 0 Å². The monoisotopic (exact) mass is 386 g/mol. The minimum absolute atomic E-state index is 0.0466. The van der Waals surface area contributed by atoms with Crippen LogP contribution in [0.1, 0.15) is 56.3 Å². The summed E-state index contributed by atoms with van der Waals surface area (Å²) in [5.74, 6) is -1.03. The van der Waals surface area contributed by atoms with Gasteiger partial charge in [-0.3, -0.25) is 25.2 Å². The van der Waals surface area contributed by atoms with Crippen molar-refractivity contribution in [2.45, 2.75) is 52.0 Å². The summed E-state index contributed by atoms with van der Waals surface area (Å²) in [6.45, 7) is 6.42. The van der Waals surface area contributed by atoms with E-state index < -0.39 is 5.92 Å². The van der Waals surface area contributed by atoms with E-state index in [2.05, 4.69) is 29.6 Å². The predicted octanol–water partition coefficient (Wildman–Crippen LogP) is 2.08. The van der Waals surface area contributed by atoms with Crippen LogP contribution < -0.4 is 15.8 Å². The predicted molar refractivity (Wildman–Crippen MR) is 108 cm³/mol. The maximum Gasteiger partial charge on any atom is 0.269 e. The van der Waals surface area contributed by atoms with Gasteiger partial charge >= 0.3 is 0 Å². The number of hydrogen-bond donors (Lipinski definition) is 2. The Morgan fingerprint density at radius 2 is 1.71 bits per heavy atom. The molecule has 2 aliphatic rings. The highest BCUT2D eigenvalue weighted by molar-refractivity contribution is 5.96. The fourth-order valence-electron chi connectivity index (χ4n) is 4.18. The van der Waals surface area contributed by atoms with Gasteiger partial charge in [-0.15, -0.1) is 0 Å². The summed E-state index contributed by atoms with van der Waals surface area (Å²) in [6.07, 6.45) is 4.57. The molecule has 0 spiro atoms. The highest BCUT2D eigenvalue weighted by atomic mass is 16.2. The lowest BCUT2D eigenvalue weighted by atomic mass is 10.1. The summed E-state index contributed by atoms with van der Waals surface area (Å²) >= 11 is 0. The molecule has 152 valence electrons. The first-order valence-corrected chi connectivity index (χ1v) is 10.3. The summed E-state index contributed by atoms with van der Waals surface area (Å²) in [4.78, 5) is 41.0. The molecule has 7 nitrogen and oxygen atoms in total. The van der Waals surface area contributed by atoms with E-state index in [9.17, 15) is 14.4 Å². The number of benzene rings is 1. The molecule has 0 bridgehead atoms. The van der Waals surface area contributed by atoms with E-state index in [1.165, 1.54) is 0 Å². The molecule has 2 fully saturated rings. The molecule has 1 atom stereocenters. The number of carbonyl (C=O) groups is 3. The highest BCUT2D eigenvalue weighted by Crippen LogP contribution is 2.29. The van der Waals surface area contributed by atoms with Crippen molar-refractivity contribution in [1.29, 1.82) is 0 Å². The first-order chi connectivity index (χ1) is 13.5. The van der Waals surface area contributed by atoms with Gasteiger partial charge in [0.25, 0.3) is 5.91 Å². The molecule has 3 amide bonds. The zero-order valence-electron chi connectivity index (χ0n) is 16.7. The van der Waals surface area contributed by atoms with Gasteiger partial charge in [0, 0.05) is 43.3 Å². The molecular weight excluding hydrogens is 356 g/mol. The summed E-state index contributed by atoms with van der Waals surface area (Å²) < 4.78 is 0. The Morgan fingerprint density at radius 3 is 2.32 bits per heavy atom. The largest absolute Gasteiger partial charge is 0.372 e. The SMILES string of the molecule is CCN(CC)c1ccc(C(=O)NNC(=O)C2CC(=O)N(C3CCCC3)C2)cc1. The number of amides is 3. The fraction of sp³-hybridized carbons (Fsp3) is 0.571. The standard InChI is InChI=1S/C21H30N4O3/c1-3-24(4-2)17-11-9-15(10-12-17)20(27)22-23-21(28)16-13-19(26)25(14-16)18-7-5-6-8-18/h9-12,16,18H,3-8,13-14H2,1-2H3,(H,22,27)(H,23,28). The average molecular weight is 386 g/mol. The van der Waals surface area contributed by atoms with Crippen LogP contribution >= 0.6 is 0 Å².